The molecule has 0 spiro atoms. The molecule has 0 fully saturated rings. The number of non-ortho nitro benzene ring substituents is 1. The Hall–Kier alpha value is -1.59. The first-order valence-electron chi connectivity index (χ1n) is 5.37. The zero-order chi connectivity index (χ0) is 13.8. The molecule has 0 amide bonds. The molecule has 0 saturated heterocycles. The monoisotopic (exact) mass is 341 g/mol. The summed E-state index contributed by atoms with van der Waals surface area (Å²) < 4.78 is 6.24. The summed E-state index contributed by atoms with van der Waals surface area (Å²) in [5.74, 6) is 1.29. The Labute approximate surface area is 123 Å². The van der Waals surface area contributed by atoms with Crippen molar-refractivity contribution in [2.45, 2.75) is 5.88 Å². The van der Waals surface area contributed by atoms with Crippen LogP contribution in [0.4, 0.5) is 5.69 Å². The van der Waals surface area contributed by atoms with Gasteiger partial charge in [0.25, 0.3) is 5.69 Å². The summed E-state index contributed by atoms with van der Waals surface area (Å²) in [6, 6.07) is 11.7. The molecule has 0 heterocycles. The van der Waals surface area contributed by atoms with Gasteiger partial charge < -0.3 is 4.74 Å². The Morgan fingerprint density at radius 2 is 2.00 bits per heavy atom. The maximum Gasteiger partial charge on any atom is 0.274 e. The number of benzene rings is 2. The maximum atomic E-state index is 10.8. The number of nitrogens with zero attached hydrogens (tertiary/aromatic N) is 1. The fourth-order valence-corrected chi connectivity index (χ4v) is 2.23. The van der Waals surface area contributed by atoms with Crippen molar-refractivity contribution in [2.75, 3.05) is 0 Å². The van der Waals surface area contributed by atoms with Crippen LogP contribution >= 0.6 is 27.5 Å². The third-order valence-electron chi connectivity index (χ3n) is 2.41. The standard InChI is InChI=1S/C13H9BrClNO3/c14-10-5-11(16(17)18)7-12(6-10)19-13-4-2-1-3-9(13)8-15/h1-7H,8H2. The Kier molecular flexibility index (Phi) is 4.39. The van der Waals surface area contributed by atoms with Crippen LogP contribution in [0.2, 0.25) is 0 Å². The van der Waals surface area contributed by atoms with Crippen LogP contribution in [-0.2, 0) is 5.88 Å². The maximum absolute atomic E-state index is 10.8. The predicted octanol–water partition coefficient (Wildman–Crippen LogP) is 4.89. The quantitative estimate of drug-likeness (QED) is 0.451. The fourth-order valence-electron chi connectivity index (χ4n) is 1.55. The molecule has 0 aliphatic carbocycles. The summed E-state index contributed by atoms with van der Waals surface area (Å²) in [7, 11) is 0. The van der Waals surface area contributed by atoms with E-state index in [1.54, 1.807) is 12.1 Å². The van der Waals surface area contributed by atoms with Crippen LogP contribution in [0.25, 0.3) is 0 Å². The number of hydrogen-bond donors (Lipinski definition) is 0. The number of rotatable bonds is 4. The van der Waals surface area contributed by atoms with Crippen molar-refractivity contribution in [2.24, 2.45) is 0 Å². The van der Waals surface area contributed by atoms with Crippen molar-refractivity contribution in [1.29, 1.82) is 0 Å². The normalized spacial score (nSPS) is 10.2. The third kappa shape index (κ3) is 3.45. The van der Waals surface area contributed by atoms with Gasteiger partial charge in [0, 0.05) is 16.1 Å². The van der Waals surface area contributed by atoms with Gasteiger partial charge in [-0.15, -0.1) is 11.6 Å². The molecule has 0 N–H and O–H groups in total. The van der Waals surface area contributed by atoms with E-state index in [1.807, 2.05) is 18.2 Å². The highest BCUT2D eigenvalue weighted by molar-refractivity contribution is 9.10. The highest BCUT2D eigenvalue weighted by atomic mass is 79.9. The van der Waals surface area contributed by atoms with Crippen LogP contribution in [0.5, 0.6) is 11.5 Å². The summed E-state index contributed by atoms with van der Waals surface area (Å²) in [6.07, 6.45) is 0. The summed E-state index contributed by atoms with van der Waals surface area (Å²) in [5.41, 5.74) is 0.791. The second kappa shape index (κ2) is 6.04. The van der Waals surface area contributed by atoms with Crippen molar-refractivity contribution >= 4 is 33.2 Å². The molecular formula is C13H9BrClNO3. The smallest absolute Gasteiger partial charge is 0.274 e. The number of para-hydroxylation sites is 1. The molecule has 2 aromatic rings. The van der Waals surface area contributed by atoms with E-state index in [1.165, 1.54) is 12.1 Å². The summed E-state index contributed by atoms with van der Waals surface area (Å²) in [6.45, 7) is 0. The minimum atomic E-state index is -0.467. The highest BCUT2D eigenvalue weighted by Crippen LogP contribution is 2.31. The van der Waals surface area contributed by atoms with Gasteiger partial charge in [0.2, 0.25) is 0 Å². The first-order chi connectivity index (χ1) is 9.10. The largest absolute Gasteiger partial charge is 0.457 e. The van der Waals surface area contributed by atoms with Crippen molar-refractivity contribution in [3.63, 3.8) is 0 Å². The molecule has 19 heavy (non-hydrogen) atoms. The SMILES string of the molecule is O=[N+]([O-])c1cc(Br)cc(Oc2ccccc2CCl)c1. The zero-order valence-corrected chi connectivity index (χ0v) is 12.0. The van der Waals surface area contributed by atoms with E-state index in [0.29, 0.717) is 21.9 Å². The van der Waals surface area contributed by atoms with Crippen LogP contribution in [0, 0.1) is 10.1 Å². The lowest BCUT2D eigenvalue weighted by Gasteiger charge is -2.09. The second-order valence-electron chi connectivity index (χ2n) is 3.75. The molecule has 0 saturated carbocycles. The third-order valence-corrected chi connectivity index (χ3v) is 3.16. The molecule has 0 bridgehead atoms. The van der Waals surface area contributed by atoms with E-state index < -0.39 is 4.92 Å². The number of alkyl halides is 1. The summed E-state index contributed by atoms with van der Waals surface area (Å²) in [4.78, 5) is 10.3. The number of nitro groups is 1. The average molecular weight is 343 g/mol. The van der Waals surface area contributed by atoms with Crippen LogP contribution in [0.1, 0.15) is 5.56 Å². The molecule has 0 aromatic heterocycles. The van der Waals surface area contributed by atoms with Gasteiger partial charge in [0.05, 0.1) is 16.9 Å². The van der Waals surface area contributed by atoms with Crippen molar-refractivity contribution < 1.29 is 9.66 Å². The van der Waals surface area contributed by atoms with E-state index in [0.717, 1.165) is 5.56 Å². The lowest BCUT2D eigenvalue weighted by molar-refractivity contribution is -0.385. The van der Waals surface area contributed by atoms with E-state index in [2.05, 4.69) is 15.9 Å². The molecule has 2 rings (SSSR count). The number of nitro benzene ring substituents is 1. The van der Waals surface area contributed by atoms with Crippen molar-refractivity contribution in [3.8, 4) is 11.5 Å². The van der Waals surface area contributed by atoms with Gasteiger partial charge in [-0.2, -0.15) is 0 Å². The Bertz CT molecular complexity index is 619. The zero-order valence-electron chi connectivity index (χ0n) is 9.68. The summed E-state index contributed by atoms with van der Waals surface area (Å²) in [5, 5.41) is 10.8. The Morgan fingerprint density at radius 1 is 1.26 bits per heavy atom. The van der Waals surface area contributed by atoms with Gasteiger partial charge in [-0.25, -0.2) is 0 Å². The predicted molar refractivity (Wildman–Crippen MR) is 76.9 cm³/mol. The average Bonchev–Trinajstić information content (AvgIpc) is 2.38. The Balaban J connectivity index is 2.35. The van der Waals surface area contributed by atoms with Gasteiger partial charge in [0.15, 0.2) is 0 Å². The van der Waals surface area contributed by atoms with Crippen molar-refractivity contribution in [1.82, 2.24) is 0 Å². The van der Waals surface area contributed by atoms with Gasteiger partial charge in [-0.05, 0) is 12.1 Å². The first kappa shape index (κ1) is 13.8. The van der Waals surface area contributed by atoms with Gasteiger partial charge in [0.1, 0.15) is 11.5 Å². The first-order valence-corrected chi connectivity index (χ1v) is 6.69. The molecule has 4 nitrogen and oxygen atoms in total. The number of halogens is 2. The molecule has 0 atom stereocenters. The van der Waals surface area contributed by atoms with E-state index >= 15 is 0 Å². The van der Waals surface area contributed by atoms with Gasteiger partial charge >= 0.3 is 0 Å². The van der Waals surface area contributed by atoms with E-state index in [4.69, 9.17) is 16.3 Å². The minimum Gasteiger partial charge on any atom is -0.457 e. The van der Waals surface area contributed by atoms with E-state index in [9.17, 15) is 10.1 Å². The van der Waals surface area contributed by atoms with Crippen molar-refractivity contribution in [3.05, 3.63) is 62.6 Å². The highest BCUT2D eigenvalue weighted by Gasteiger charge is 2.11. The lowest BCUT2D eigenvalue weighted by atomic mass is 10.2. The Morgan fingerprint density at radius 3 is 2.68 bits per heavy atom. The summed E-state index contributed by atoms with van der Waals surface area (Å²) >= 11 is 9.03. The number of hydrogen-bond acceptors (Lipinski definition) is 3. The van der Waals surface area contributed by atoms with Gasteiger partial charge in [-0.3, -0.25) is 10.1 Å². The second-order valence-corrected chi connectivity index (χ2v) is 4.93. The van der Waals surface area contributed by atoms with Gasteiger partial charge in [-0.1, -0.05) is 34.1 Å². The molecule has 0 aliphatic heterocycles. The molecule has 0 radical (unpaired) electrons. The molecule has 2 aromatic carbocycles. The van der Waals surface area contributed by atoms with Crippen LogP contribution < -0.4 is 4.74 Å². The molecule has 0 unspecified atom stereocenters. The molecular weight excluding hydrogens is 334 g/mol. The molecule has 98 valence electrons. The van der Waals surface area contributed by atoms with E-state index in [-0.39, 0.29) is 5.69 Å². The molecule has 0 aliphatic rings. The molecule has 6 heteroatoms. The fraction of sp³-hybridized carbons (Fsp3) is 0.0769. The van der Waals surface area contributed by atoms with Crippen LogP contribution in [0.3, 0.4) is 0 Å². The minimum absolute atomic E-state index is 0.0345. The van der Waals surface area contributed by atoms with Crippen LogP contribution in [-0.4, -0.2) is 4.92 Å². The van der Waals surface area contributed by atoms with Crippen LogP contribution in [0.15, 0.2) is 46.9 Å². The topological polar surface area (TPSA) is 52.4 Å². The number of ether oxygens (including phenoxy) is 1. The lowest BCUT2D eigenvalue weighted by Crippen LogP contribution is -1.92.